The molecule has 1 rings (SSSR count). The lowest BCUT2D eigenvalue weighted by Crippen LogP contribution is -2.55. The molecule has 1 aromatic carbocycles. The van der Waals surface area contributed by atoms with Gasteiger partial charge >= 0.3 is 5.91 Å². The molecule has 0 saturated heterocycles. The summed E-state index contributed by atoms with van der Waals surface area (Å²) in [4.78, 5) is 24.8. The van der Waals surface area contributed by atoms with Crippen molar-refractivity contribution in [2.45, 2.75) is 54.0 Å². The van der Waals surface area contributed by atoms with Gasteiger partial charge in [0, 0.05) is 11.0 Å². The zero-order valence-electron chi connectivity index (χ0n) is 15.1. The highest BCUT2D eigenvalue weighted by Crippen LogP contribution is 2.14. The first-order chi connectivity index (χ1) is 10.4. The summed E-state index contributed by atoms with van der Waals surface area (Å²) in [5, 5.41) is 1.29. The average molecular weight is 314 g/mol. The molecular weight excluding hydrogens is 288 g/mol. The van der Waals surface area contributed by atoms with Crippen molar-refractivity contribution in [3.63, 3.8) is 0 Å². The van der Waals surface area contributed by atoms with Gasteiger partial charge in [-0.05, 0) is 66.5 Å². The first-order valence-electron chi connectivity index (χ1n) is 7.65. The highest BCUT2D eigenvalue weighted by Gasteiger charge is 2.28. The maximum Gasteiger partial charge on any atom is 0.317 e. The Morgan fingerprint density at radius 1 is 1.09 bits per heavy atom. The molecule has 0 atom stereocenters. The maximum absolute atomic E-state index is 12.4. The van der Waals surface area contributed by atoms with Crippen LogP contribution in [-0.4, -0.2) is 22.4 Å². The maximum atomic E-state index is 12.4. The van der Waals surface area contributed by atoms with E-state index in [1.54, 1.807) is 12.1 Å². The van der Waals surface area contributed by atoms with Crippen LogP contribution < -0.4 is 5.43 Å². The molecule has 0 heterocycles. The standard InChI is InChI=1S/C19H26N2O2/c1-14-9-8-10-15(13-14)17(23)20-21(19(5,6)7)16(22)11-12-18(2,3)4/h8-10,13H,1-7H3,(H,20,23). The van der Waals surface area contributed by atoms with E-state index < -0.39 is 11.4 Å². The molecule has 0 unspecified atom stereocenters. The van der Waals surface area contributed by atoms with E-state index in [4.69, 9.17) is 0 Å². The van der Waals surface area contributed by atoms with Gasteiger partial charge in [0.05, 0.1) is 5.54 Å². The summed E-state index contributed by atoms with van der Waals surface area (Å²) in [5.74, 6) is 4.78. The molecule has 0 radical (unpaired) electrons. The van der Waals surface area contributed by atoms with Crippen LogP contribution in [0.5, 0.6) is 0 Å². The third-order valence-electron chi connectivity index (χ3n) is 2.91. The Bertz CT molecular complexity index is 652. The number of carbonyl (C=O) groups excluding carboxylic acids is 2. The van der Waals surface area contributed by atoms with Gasteiger partial charge in [0.25, 0.3) is 5.91 Å². The highest BCUT2D eigenvalue weighted by molar-refractivity contribution is 5.99. The summed E-state index contributed by atoms with van der Waals surface area (Å²) in [7, 11) is 0. The van der Waals surface area contributed by atoms with Gasteiger partial charge in [-0.2, -0.15) is 0 Å². The molecular formula is C19H26N2O2. The van der Waals surface area contributed by atoms with Gasteiger partial charge in [0.1, 0.15) is 0 Å². The van der Waals surface area contributed by atoms with Crippen molar-refractivity contribution < 1.29 is 9.59 Å². The molecule has 1 aromatic rings. The molecule has 0 aliphatic carbocycles. The zero-order chi connectivity index (χ0) is 17.8. The minimum atomic E-state index is -0.580. The summed E-state index contributed by atoms with van der Waals surface area (Å²) in [6.45, 7) is 13.2. The van der Waals surface area contributed by atoms with Crippen LogP contribution >= 0.6 is 0 Å². The Morgan fingerprint density at radius 3 is 2.17 bits per heavy atom. The Kier molecular flexibility index (Phi) is 5.60. The Hall–Kier alpha value is -2.28. The zero-order valence-corrected chi connectivity index (χ0v) is 15.1. The van der Waals surface area contributed by atoms with Crippen LogP contribution in [0.2, 0.25) is 0 Å². The van der Waals surface area contributed by atoms with Crippen molar-refractivity contribution in [2.75, 3.05) is 0 Å². The molecule has 124 valence electrons. The number of aryl methyl sites for hydroxylation is 1. The van der Waals surface area contributed by atoms with Gasteiger partial charge in [0.2, 0.25) is 0 Å². The van der Waals surface area contributed by atoms with Crippen LogP contribution in [-0.2, 0) is 4.79 Å². The molecule has 0 aliphatic rings. The second-order valence-corrected chi connectivity index (χ2v) is 7.62. The first kappa shape index (κ1) is 18.8. The number of benzene rings is 1. The summed E-state index contributed by atoms with van der Waals surface area (Å²) in [6, 6.07) is 7.22. The molecule has 2 amide bonds. The number of rotatable bonds is 1. The van der Waals surface area contributed by atoms with E-state index in [0.29, 0.717) is 5.56 Å². The molecule has 0 aliphatic heterocycles. The molecule has 0 spiro atoms. The number of hydrogen-bond donors (Lipinski definition) is 1. The van der Waals surface area contributed by atoms with Crippen molar-refractivity contribution in [2.24, 2.45) is 5.41 Å². The van der Waals surface area contributed by atoms with Gasteiger partial charge in [0.15, 0.2) is 0 Å². The van der Waals surface area contributed by atoms with Crippen molar-refractivity contribution in [1.82, 2.24) is 10.4 Å². The summed E-state index contributed by atoms with van der Waals surface area (Å²) in [6.07, 6.45) is 0. The van der Waals surface area contributed by atoms with Crippen LogP contribution in [0.1, 0.15) is 57.5 Å². The van der Waals surface area contributed by atoms with Crippen molar-refractivity contribution in [1.29, 1.82) is 0 Å². The van der Waals surface area contributed by atoms with Crippen molar-refractivity contribution in [3.05, 3.63) is 35.4 Å². The lowest BCUT2D eigenvalue weighted by atomic mass is 9.98. The number of hydrogen-bond acceptors (Lipinski definition) is 2. The van der Waals surface area contributed by atoms with E-state index in [0.717, 1.165) is 5.56 Å². The monoisotopic (exact) mass is 314 g/mol. The minimum Gasteiger partial charge on any atom is -0.267 e. The number of nitrogens with one attached hydrogen (secondary N) is 1. The van der Waals surface area contributed by atoms with E-state index in [2.05, 4.69) is 17.3 Å². The van der Waals surface area contributed by atoms with E-state index in [1.165, 1.54) is 5.01 Å². The molecule has 0 fully saturated rings. The molecule has 4 heteroatoms. The fourth-order valence-corrected chi connectivity index (χ4v) is 1.77. The highest BCUT2D eigenvalue weighted by atomic mass is 16.2. The van der Waals surface area contributed by atoms with Crippen LogP contribution in [0, 0.1) is 24.2 Å². The predicted molar refractivity (Wildman–Crippen MR) is 92.5 cm³/mol. The van der Waals surface area contributed by atoms with Gasteiger partial charge < -0.3 is 0 Å². The summed E-state index contributed by atoms with van der Waals surface area (Å²) >= 11 is 0. The van der Waals surface area contributed by atoms with Crippen LogP contribution in [0.4, 0.5) is 0 Å². The Balaban J connectivity index is 3.02. The Morgan fingerprint density at radius 2 is 1.70 bits per heavy atom. The number of amides is 2. The van der Waals surface area contributed by atoms with E-state index >= 15 is 0 Å². The van der Waals surface area contributed by atoms with Gasteiger partial charge in [-0.15, -0.1) is 0 Å². The molecule has 4 nitrogen and oxygen atoms in total. The largest absolute Gasteiger partial charge is 0.317 e. The molecule has 23 heavy (non-hydrogen) atoms. The van der Waals surface area contributed by atoms with Gasteiger partial charge in [-0.1, -0.05) is 23.6 Å². The fraction of sp³-hybridized carbons (Fsp3) is 0.474. The smallest absolute Gasteiger partial charge is 0.267 e. The molecule has 0 aromatic heterocycles. The van der Waals surface area contributed by atoms with Crippen LogP contribution in [0.25, 0.3) is 0 Å². The summed E-state index contributed by atoms with van der Waals surface area (Å²) < 4.78 is 0. The SMILES string of the molecule is Cc1cccc(C(=O)NN(C(=O)C#CC(C)(C)C)C(C)(C)C)c1. The molecule has 0 bridgehead atoms. The fourth-order valence-electron chi connectivity index (χ4n) is 1.77. The second kappa shape index (κ2) is 6.87. The van der Waals surface area contributed by atoms with E-state index in [1.807, 2.05) is 60.6 Å². The topological polar surface area (TPSA) is 49.4 Å². The lowest BCUT2D eigenvalue weighted by Gasteiger charge is -2.34. The lowest BCUT2D eigenvalue weighted by molar-refractivity contribution is -0.132. The molecule has 0 saturated carbocycles. The van der Waals surface area contributed by atoms with Crippen LogP contribution in [0.3, 0.4) is 0 Å². The van der Waals surface area contributed by atoms with Gasteiger partial charge in [-0.3, -0.25) is 15.0 Å². The minimum absolute atomic E-state index is 0.278. The van der Waals surface area contributed by atoms with Crippen molar-refractivity contribution in [3.8, 4) is 11.8 Å². The van der Waals surface area contributed by atoms with E-state index in [9.17, 15) is 9.59 Å². The predicted octanol–water partition coefficient (Wildman–Crippen LogP) is 3.32. The number of nitrogens with zero attached hydrogens (tertiary/aromatic N) is 1. The average Bonchev–Trinajstić information content (AvgIpc) is 2.39. The second-order valence-electron chi connectivity index (χ2n) is 7.62. The molecule has 1 N–H and O–H groups in total. The third kappa shape index (κ3) is 6.15. The first-order valence-corrected chi connectivity index (χ1v) is 7.65. The number of carbonyl (C=O) groups is 2. The van der Waals surface area contributed by atoms with Crippen LogP contribution in [0.15, 0.2) is 24.3 Å². The number of hydrazine groups is 1. The summed E-state index contributed by atoms with van der Waals surface area (Å²) in [5.41, 5.74) is 3.32. The van der Waals surface area contributed by atoms with Crippen molar-refractivity contribution >= 4 is 11.8 Å². The van der Waals surface area contributed by atoms with E-state index in [-0.39, 0.29) is 11.3 Å². The van der Waals surface area contributed by atoms with Gasteiger partial charge in [-0.25, -0.2) is 5.01 Å². The Labute approximate surface area is 139 Å². The normalized spacial score (nSPS) is 11.3. The quantitative estimate of drug-likeness (QED) is 0.638. The third-order valence-corrected chi connectivity index (χ3v) is 2.91.